The molecular weight excluding hydrogens is 336 g/mol. The highest BCUT2D eigenvalue weighted by molar-refractivity contribution is 7.99. The number of aromatic nitrogens is 4. The molecule has 0 atom stereocenters. The normalized spacial score (nSPS) is 10.6. The fraction of sp³-hybridized carbons (Fsp3) is 0.0667. The zero-order valence-corrected chi connectivity index (χ0v) is 13.0. The van der Waals surface area contributed by atoms with Crippen molar-refractivity contribution in [2.45, 2.75) is 5.16 Å². The molecule has 0 radical (unpaired) electrons. The van der Waals surface area contributed by atoms with Gasteiger partial charge in [-0.3, -0.25) is 4.79 Å². The smallest absolute Gasteiger partial charge is 0.234 e. The molecule has 0 bridgehead atoms. The maximum absolute atomic E-state index is 13.3. The van der Waals surface area contributed by atoms with Gasteiger partial charge in [0, 0.05) is 5.69 Å². The fourth-order valence-electron chi connectivity index (χ4n) is 1.93. The summed E-state index contributed by atoms with van der Waals surface area (Å²) in [5.41, 5.74) is 0.818. The Morgan fingerprint density at radius 2 is 1.88 bits per heavy atom. The SMILES string of the molecule is O=C(CSc1nnnn1-c1cccc(F)c1)Nc1cccc(F)c1. The van der Waals surface area contributed by atoms with E-state index in [0.29, 0.717) is 16.5 Å². The fourth-order valence-corrected chi connectivity index (χ4v) is 2.62. The Morgan fingerprint density at radius 1 is 1.12 bits per heavy atom. The predicted octanol–water partition coefficient (Wildman–Crippen LogP) is 2.67. The minimum absolute atomic E-state index is 0.0200. The summed E-state index contributed by atoms with van der Waals surface area (Å²) in [6.07, 6.45) is 0. The lowest BCUT2D eigenvalue weighted by Gasteiger charge is -2.06. The third kappa shape index (κ3) is 3.93. The van der Waals surface area contributed by atoms with Crippen LogP contribution in [0, 0.1) is 11.6 Å². The summed E-state index contributed by atoms with van der Waals surface area (Å²) in [5, 5.41) is 14.1. The van der Waals surface area contributed by atoms with Gasteiger partial charge in [0.25, 0.3) is 0 Å². The average Bonchev–Trinajstić information content (AvgIpc) is 3.01. The number of benzene rings is 2. The number of hydrogen-bond donors (Lipinski definition) is 1. The van der Waals surface area contributed by atoms with E-state index in [0.717, 1.165) is 11.8 Å². The van der Waals surface area contributed by atoms with Crippen LogP contribution in [0.3, 0.4) is 0 Å². The molecular formula is C15H11F2N5OS. The lowest BCUT2D eigenvalue weighted by Crippen LogP contribution is -2.14. The molecule has 0 unspecified atom stereocenters. The van der Waals surface area contributed by atoms with Crippen LogP contribution in [0.25, 0.3) is 5.69 Å². The van der Waals surface area contributed by atoms with Gasteiger partial charge in [-0.1, -0.05) is 23.9 Å². The molecule has 0 saturated carbocycles. The van der Waals surface area contributed by atoms with E-state index in [9.17, 15) is 13.6 Å². The van der Waals surface area contributed by atoms with E-state index >= 15 is 0 Å². The van der Waals surface area contributed by atoms with E-state index in [1.165, 1.54) is 41.1 Å². The van der Waals surface area contributed by atoms with Crippen molar-refractivity contribution in [2.24, 2.45) is 0 Å². The molecule has 1 N–H and O–H groups in total. The van der Waals surface area contributed by atoms with Crippen LogP contribution in [-0.4, -0.2) is 31.9 Å². The molecule has 0 aliphatic heterocycles. The molecule has 2 aromatic carbocycles. The van der Waals surface area contributed by atoms with Gasteiger partial charge in [0.2, 0.25) is 11.1 Å². The second kappa shape index (κ2) is 7.18. The summed E-state index contributed by atoms with van der Waals surface area (Å²) in [5.74, 6) is -1.16. The van der Waals surface area contributed by atoms with Crippen molar-refractivity contribution in [1.29, 1.82) is 0 Å². The van der Waals surface area contributed by atoms with Crippen molar-refractivity contribution < 1.29 is 13.6 Å². The number of tetrazole rings is 1. The number of anilines is 1. The molecule has 1 heterocycles. The van der Waals surface area contributed by atoms with E-state index in [1.807, 2.05) is 0 Å². The predicted molar refractivity (Wildman–Crippen MR) is 84.9 cm³/mol. The summed E-state index contributed by atoms with van der Waals surface area (Å²) in [7, 11) is 0. The number of carbonyl (C=O) groups excluding carboxylic acids is 1. The van der Waals surface area contributed by atoms with E-state index in [-0.39, 0.29) is 11.7 Å². The first kappa shape index (κ1) is 16.1. The number of thioether (sulfide) groups is 1. The number of hydrogen-bond acceptors (Lipinski definition) is 5. The Hall–Kier alpha value is -2.81. The van der Waals surface area contributed by atoms with Crippen LogP contribution < -0.4 is 5.32 Å². The van der Waals surface area contributed by atoms with E-state index < -0.39 is 11.6 Å². The average molecular weight is 347 g/mol. The number of nitrogens with zero attached hydrogens (tertiary/aromatic N) is 4. The van der Waals surface area contributed by atoms with Crippen LogP contribution in [-0.2, 0) is 4.79 Å². The van der Waals surface area contributed by atoms with Crippen LogP contribution in [0.15, 0.2) is 53.7 Å². The molecule has 1 aromatic heterocycles. The highest BCUT2D eigenvalue weighted by Gasteiger charge is 2.12. The highest BCUT2D eigenvalue weighted by atomic mass is 32.2. The van der Waals surface area contributed by atoms with Gasteiger partial charge in [-0.2, -0.15) is 4.68 Å². The third-order valence-corrected chi connectivity index (χ3v) is 3.85. The van der Waals surface area contributed by atoms with Crippen LogP contribution >= 0.6 is 11.8 Å². The van der Waals surface area contributed by atoms with Crippen molar-refractivity contribution in [3.05, 3.63) is 60.2 Å². The maximum atomic E-state index is 13.3. The first-order valence-corrected chi connectivity index (χ1v) is 7.83. The molecule has 0 fully saturated rings. The van der Waals surface area contributed by atoms with Crippen molar-refractivity contribution in [2.75, 3.05) is 11.1 Å². The third-order valence-electron chi connectivity index (χ3n) is 2.93. The number of rotatable bonds is 5. The second-order valence-electron chi connectivity index (χ2n) is 4.70. The lowest BCUT2D eigenvalue weighted by atomic mass is 10.3. The number of halogens is 2. The quantitative estimate of drug-likeness (QED) is 0.719. The van der Waals surface area contributed by atoms with Gasteiger partial charge in [-0.15, -0.1) is 5.10 Å². The highest BCUT2D eigenvalue weighted by Crippen LogP contribution is 2.19. The Kier molecular flexibility index (Phi) is 4.80. The molecule has 0 aliphatic carbocycles. The van der Waals surface area contributed by atoms with Gasteiger partial charge in [-0.05, 0) is 46.8 Å². The summed E-state index contributed by atoms with van der Waals surface area (Å²) in [6, 6.07) is 11.4. The van der Waals surface area contributed by atoms with E-state index in [4.69, 9.17) is 0 Å². The van der Waals surface area contributed by atoms with Crippen LogP contribution in [0.2, 0.25) is 0 Å². The van der Waals surface area contributed by atoms with Crippen LogP contribution in [0.5, 0.6) is 0 Å². The molecule has 24 heavy (non-hydrogen) atoms. The number of amides is 1. The molecule has 3 aromatic rings. The van der Waals surface area contributed by atoms with E-state index in [2.05, 4.69) is 20.8 Å². The Morgan fingerprint density at radius 3 is 2.62 bits per heavy atom. The van der Waals surface area contributed by atoms with Crippen molar-refractivity contribution in [3.8, 4) is 5.69 Å². The molecule has 0 saturated heterocycles. The minimum atomic E-state index is -0.435. The first-order chi connectivity index (χ1) is 11.6. The van der Waals surface area contributed by atoms with Gasteiger partial charge in [0.05, 0.1) is 11.4 Å². The van der Waals surface area contributed by atoms with Gasteiger partial charge in [0.15, 0.2) is 0 Å². The van der Waals surface area contributed by atoms with Gasteiger partial charge in [-0.25, -0.2) is 8.78 Å². The molecule has 0 spiro atoms. The Balaban J connectivity index is 1.65. The summed E-state index contributed by atoms with van der Waals surface area (Å²) < 4.78 is 27.7. The number of carbonyl (C=O) groups is 1. The summed E-state index contributed by atoms with van der Waals surface area (Å²) in [6.45, 7) is 0. The minimum Gasteiger partial charge on any atom is -0.325 e. The van der Waals surface area contributed by atoms with Gasteiger partial charge >= 0.3 is 0 Å². The van der Waals surface area contributed by atoms with Crippen molar-refractivity contribution in [1.82, 2.24) is 20.2 Å². The Bertz CT molecular complexity index is 870. The molecule has 3 rings (SSSR count). The molecule has 1 amide bonds. The summed E-state index contributed by atoms with van der Waals surface area (Å²) >= 11 is 1.08. The zero-order valence-electron chi connectivity index (χ0n) is 12.2. The zero-order chi connectivity index (χ0) is 16.9. The van der Waals surface area contributed by atoms with Gasteiger partial charge < -0.3 is 5.32 Å². The van der Waals surface area contributed by atoms with Gasteiger partial charge in [0.1, 0.15) is 11.6 Å². The molecule has 9 heteroatoms. The maximum Gasteiger partial charge on any atom is 0.234 e. The van der Waals surface area contributed by atoms with E-state index in [1.54, 1.807) is 12.1 Å². The van der Waals surface area contributed by atoms with Crippen LogP contribution in [0.4, 0.5) is 14.5 Å². The monoisotopic (exact) mass is 347 g/mol. The molecule has 122 valence electrons. The topological polar surface area (TPSA) is 72.7 Å². The largest absolute Gasteiger partial charge is 0.325 e. The first-order valence-electron chi connectivity index (χ1n) is 6.84. The second-order valence-corrected chi connectivity index (χ2v) is 5.64. The lowest BCUT2D eigenvalue weighted by molar-refractivity contribution is -0.113. The number of nitrogens with one attached hydrogen (secondary N) is 1. The Labute approximate surface area is 139 Å². The summed E-state index contributed by atoms with van der Waals surface area (Å²) in [4.78, 5) is 11.9. The standard InChI is InChI=1S/C15H11F2N5OS/c16-10-3-1-5-12(7-10)18-14(23)9-24-15-19-20-21-22(15)13-6-2-4-11(17)8-13/h1-8H,9H2,(H,18,23). The molecule has 6 nitrogen and oxygen atoms in total. The van der Waals surface area contributed by atoms with Crippen LogP contribution in [0.1, 0.15) is 0 Å². The van der Waals surface area contributed by atoms with Crippen molar-refractivity contribution >= 4 is 23.4 Å². The molecule has 0 aliphatic rings. The van der Waals surface area contributed by atoms with Crippen molar-refractivity contribution in [3.63, 3.8) is 0 Å².